The first-order chi connectivity index (χ1) is 14.3. The Bertz CT molecular complexity index is 1030. The maximum absolute atomic E-state index is 12.1. The summed E-state index contributed by atoms with van der Waals surface area (Å²) in [5, 5.41) is 15.4. The highest BCUT2D eigenvalue weighted by atomic mass is 32.2. The van der Waals surface area contributed by atoms with Crippen LogP contribution in [0.5, 0.6) is 0 Å². The monoisotopic (exact) mass is 441 g/mol. The van der Waals surface area contributed by atoms with Crippen LogP contribution in [0.15, 0.2) is 46.0 Å². The molecule has 158 valence electrons. The lowest BCUT2D eigenvalue weighted by molar-refractivity contribution is -0.118. The Morgan fingerprint density at radius 2 is 1.97 bits per heavy atom. The summed E-state index contributed by atoms with van der Waals surface area (Å²) in [6, 6.07) is 10.5. The van der Waals surface area contributed by atoms with Crippen LogP contribution in [-0.2, 0) is 16.8 Å². The first kappa shape index (κ1) is 22.2. The van der Waals surface area contributed by atoms with Gasteiger partial charge in [-0.1, -0.05) is 56.8 Å². The van der Waals surface area contributed by atoms with E-state index in [1.54, 1.807) is 17.6 Å². The SMILES string of the molecule is CCn1c(SCC(=O)N/N=C\c2sccc2C)nnc1-c1ccc(C(C)(C)C)cc1. The largest absolute Gasteiger partial charge is 0.302 e. The lowest BCUT2D eigenvalue weighted by Gasteiger charge is -2.19. The van der Waals surface area contributed by atoms with Crippen LogP contribution in [-0.4, -0.2) is 32.6 Å². The van der Waals surface area contributed by atoms with Crippen molar-refractivity contribution in [1.82, 2.24) is 20.2 Å². The minimum absolute atomic E-state index is 0.107. The molecule has 0 aliphatic heterocycles. The van der Waals surface area contributed by atoms with E-state index in [4.69, 9.17) is 0 Å². The molecule has 30 heavy (non-hydrogen) atoms. The minimum Gasteiger partial charge on any atom is -0.302 e. The Labute approximate surface area is 185 Å². The van der Waals surface area contributed by atoms with Crippen LogP contribution in [0.1, 0.15) is 43.7 Å². The van der Waals surface area contributed by atoms with Crippen molar-refractivity contribution < 1.29 is 4.79 Å². The number of thioether (sulfide) groups is 1. The van der Waals surface area contributed by atoms with Crippen LogP contribution in [0.2, 0.25) is 0 Å². The zero-order chi connectivity index (χ0) is 21.7. The first-order valence-corrected chi connectivity index (χ1v) is 11.7. The molecule has 6 nitrogen and oxygen atoms in total. The normalized spacial score (nSPS) is 11.9. The summed E-state index contributed by atoms with van der Waals surface area (Å²) >= 11 is 2.95. The quantitative estimate of drug-likeness (QED) is 0.322. The van der Waals surface area contributed by atoms with Gasteiger partial charge in [0.05, 0.1) is 12.0 Å². The van der Waals surface area contributed by atoms with Crippen molar-refractivity contribution in [2.45, 2.75) is 51.7 Å². The van der Waals surface area contributed by atoms with E-state index in [-0.39, 0.29) is 17.1 Å². The van der Waals surface area contributed by atoms with Gasteiger partial charge in [-0.15, -0.1) is 21.5 Å². The number of carbonyl (C=O) groups is 1. The number of aromatic nitrogens is 3. The van der Waals surface area contributed by atoms with Crippen LogP contribution in [0.25, 0.3) is 11.4 Å². The van der Waals surface area contributed by atoms with Gasteiger partial charge >= 0.3 is 0 Å². The lowest BCUT2D eigenvalue weighted by atomic mass is 9.87. The smallest absolute Gasteiger partial charge is 0.250 e. The summed E-state index contributed by atoms with van der Waals surface area (Å²) in [6.07, 6.45) is 1.68. The fourth-order valence-electron chi connectivity index (χ4n) is 2.86. The Kier molecular flexibility index (Phi) is 7.10. The topological polar surface area (TPSA) is 72.2 Å². The Hall–Kier alpha value is -2.45. The van der Waals surface area contributed by atoms with Gasteiger partial charge in [0.25, 0.3) is 5.91 Å². The van der Waals surface area contributed by atoms with Crippen molar-refractivity contribution in [3.8, 4) is 11.4 Å². The van der Waals surface area contributed by atoms with Crippen LogP contribution in [0.4, 0.5) is 0 Å². The second-order valence-corrected chi connectivity index (χ2v) is 9.82. The molecule has 0 bridgehead atoms. The van der Waals surface area contributed by atoms with Crippen molar-refractivity contribution in [1.29, 1.82) is 0 Å². The molecule has 0 aliphatic rings. The summed E-state index contributed by atoms with van der Waals surface area (Å²) in [5.74, 6) is 0.862. The molecule has 3 aromatic rings. The third-order valence-electron chi connectivity index (χ3n) is 4.65. The molecule has 8 heteroatoms. The number of nitrogens with one attached hydrogen (secondary N) is 1. The van der Waals surface area contributed by atoms with Gasteiger partial charge in [-0.3, -0.25) is 4.79 Å². The van der Waals surface area contributed by atoms with Crippen molar-refractivity contribution in [3.63, 3.8) is 0 Å². The second kappa shape index (κ2) is 9.57. The van der Waals surface area contributed by atoms with Gasteiger partial charge < -0.3 is 4.57 Å². The molecule has 2 aromatic heterocycles. The highest BCUT2D eigenvalue weighted by molar-refractivity contribution is 7.99. The maximum Gasteiger partial charge on any atom is 0.250 e. The van der Waals surface area contributed by atoms with Crippen LogP contribution in [0, 0.1) is 6.92 Å². The molecule has 1 N–H and O–H groups in total. The highest BCUT2D eigenvalue weighted by Crippen LogP contribution is 2.27. The van der Waals surface area contributed by atoms with E-state index in [2.05, 4.69) is 65.8 Å². The number of benzene rings is 1. The average molecular weight is 442 g/mol. The highest BCUT2D eigenvalue weighted by Gasteiger charge is 2.17. The van der Waals surface area contributed by atoms with Crippen molar-refractivity contribution in [2.75, 3.05) is 5.75 Å². The molecule has 0 saturated heterocycles. The lowest BCUT2D eigenvalue weighted by Crippen LogP contribution is -2.20. The Morgan fingerprint density at radius 1 is 1.23 bits per heavy atom. The van der Waals surface area contributed by atoms with Gasteiger partial charge in [0, 0.05) is 17.0 Å². The molecule has 0 aliphatic carbocycles. The standard InChI is InChI=1S/C22H27N5OS2/c1-6-27-20(16-7-9-17(10-8-16)22(3,4)5)25-26-21(27)30-14-19(28)24-23-13-18-15(2)11-12-29-18/h7-13H,6,14H2,1-5H3,(H,24,28)/b23-13-. The molecule has 2 heterocycles. The van der Waals surface area contributed by atoms with Crippen molar-refractivity contribution in [2.24, 2.45) is 5.10 Å². The van der Waals surface area contributed by atoms with E-state index in [9.17, 15) is 4.79 Å². The number of rotatable bonds is 7. The van der Waals surface area contributed by atoms with Gasteiger partial charge in [0.2, 0.25) is 0 Å². The van der Waals surface area contributed by atoms with E-state index in [1.165, 1.54) is 17.3 Å². The van der Waals surface area contributed by atoms with E-state index in [1.807, 2.05) is 29.9 Å². The fraction of sp³-hybridized carbons (Fsp3) is 0.364. The number of hydrazone groups is 1. The number of hydrogen-bond acceptors (Lipinski definition) is 6. The number of hydrogen-bond donors (Lipinski definition) is 1. The molecule has 0 saturated carbocycles. The average Bonchev–Trinajstić information content (AvgIpc) is 3.31. The molecule has 0 fully saturated rings. The molecule has 0 atom stereocenters. The minimum atomic E-state index is -0.174. The molecule has 0 spiro atoms. The molecule has 0 unspecified atom stereocenters. The molecule has 1 amide bonds. The van der Waals surface area contributed by atoms with Crippen LogP contribution in [0.3, 0.4) is 0 Å². The number of aryl methyl sites for hydroxylation is 1. The van der Waals surface area contributed by atoms with Gasteiger partial charge in [-0.05, 0) is 41.8 Å². The second-order valence-electron chi connectivity index (χ2n) is 7.93. The number of thiophene rings is 1. The molecule has 0 radical (unpaired) electrons. The van der Waals surface area contributed by atoms with E-state index < -0.39 is 0 Å². The van der Waals surface area contributed by atoms with Gasteiger partial charge in [-0.25, -0.2) is 5.43 Å². The summed E-state index contributed by atoms with van der Waals surface area (Å²) in [6.45, 7) is 11.4. The molecule has 3 rings (SSSR count). The number of nitrogens with zero attached hydrogens (tertiary/aromatic N) is 4. The summed E-state index contributed by atoms with van der Waals surface area (Å²) < 4.78 is 2.03. The summed E-state index contributed by atoms with van der Waals surface area (Å²) in [5.41, 5.74) is 6.12. The zero-order valence-corrected chi connectivity index (χ0v) is 19.6. The molecular formula is C22H27N5OS2. The third-order valence-corrected chi connectivity index (χ3v) is 6.57. The van der Waals surface area contributed by atoms with E-state index >= 15 is 0 Å². The van der Waals surface area contributed by atoms with E-state index in [0.29, 0.717) is 0 Å². The molecule has 1 aromatic carbocycles. The first-order valence-electron chi connectivity index (χ1n) is 9.82. The maximum atomic E-state index is 12.1. The summed E-state index contributed by atoms with van der Waals surface area (Å²) in [4.78, 5) is 13.2. The zero-order valence-electron chi connectivity index (χ0n) is 18.0. The third kappa shape index (κ3) is 5.37. The Balaban J connectivity index is 1.63. The van der Waals surface area contributed by atoms with Crippen LogP contribution < -0.4 is 5.43 Å². The van der Waals surface area contributed by atoms with Gasteiger partial charge in [0.1, 0.15) is 0 Å². The Morgan fingerprint density at radius 3 is 2.57 bits per heavy atom. The predicted octanol–water partition coefficient (Wildman–Crippen LogP) is 4.87. The van der Waals surface area contributed by atoms with Crippen molar-refractivity contribution in [3.05, 3.63) is 51.7 Å². The van der Waals surface area contributed by atoms with Crippen LogP contribution >= 0.6 is 23.1 Å². The predicted molar refractivity (Wildman–Crippen MR) is 125 cm³/mol. The number of amides is 1. The van der Waals surface area contributed by atoms with Gasteiger partial charge in [0.15, 0.2) is 11.0 Å². The number of carbonyl (C=O) groups excluding carboxylic acids is 1. The van der Waals surface area contributed by atoms with Gasteiger partial charge in [-0.2, -0.15) is 5.10 Å². The summed E-state index contributed by atoms with van der Waals surface area (Å²) in [7, 11) is 0. The molecular weight excluding hydrogens is 414 g/mol. The van der Waals surface area contributed by atoms with Crippen molar-refractivity contribution >= 4 is 35.2 Å². The van der Waals surface area contributed by atoms with E-state index in [0.717, 1.165) is 33.5 Å². The fourth-order valence-corrected chi connectivity index (χ4v) is 4.44.